The first-order valence-electron chi connectivity index (χ1n) is 5.84. The summed E-state index contributed by atoms with van der Waals surface area (Å²) in [6, 6.07) is 5.63. The summed E-state index contributed by atoms with van der Waals surface area (Å²) >= 11 is 0. The Kier molecular flexibility index (Phi) is 3.93. The average molecular weight is 289 g/mol. The largest absolute Gasteiger partial charge is 0.325 e. The second-order valence-corrected chi connectivity index (χ2v) is 4.12. The molecule has 0 fully saturated rings. The highest BCUT2D eigenvalue weighted by atomic mass is 16.6. The number of nitrogens with zero attached hydrogens (tertiary/aromatic N) is 2. The van der Waals surface area contributed by atoms with Gasteiger partial charge >= 0.3 is 5.69 Å². The molecule has 0 unspecified atom stereocenters. The molecule has 2 aromatic rings. The monoisotopic (exact) mass is 289 g/mol. The summed E-state index contributed by atoms with van der Waals surface area (Å²) in [5.74, 6) is 0. The van der Waals surface area contributed by atoms with Gasteiger partial charge in [-0.15, -0.1) is 0 Å². The van der Waals surface area contributed by atoms with Gasteiger partial charge in [-0.1, -0.05) is 0 Å². The van der Waals surface area contributed by atoms with E-state index in [9.17, 15) is 19.7 Å². The van der Waals surface area contributed by atoms with Crippen molar-refractivity contribution in [3.63, 3.8) is 0 Å². The van der Waals surface area contributed by atoms with Gasteiger partial charge in [0.1, 0.15) is 0 Å². The highest BCUT2D eigenvalue weighted by molar-refractivity contribution is 5.80. The SMILES string of the molecule is Cc1[nH]c(=O)[nH]c(=O)c1C=NNc1ccc([N+](=O)[O-])cc1. The molecule has 21 heavy (non-hydrogen) atoms. The van der Waals surface area contributed by atoms with Crippen LogP contribution in [0.3, 0.4) is 0 Å². The van der Waals surface area contributed by atoms with E-state index in [1.807, 2.05) is 0 Å². The molecular formula is C12H11N5O4. The topological polar surface area (TPSA) is 133 Å². The fourth-order valence-electron chi connectivity index (χ4n) is 1.59. The van der Waals surface area contributed by atoms with Crippen molar-refractivity contribution in [2.75, 3.05) is 5.43 Å². The lowest BCUT2D eigenvalue weighted by molar-refractivity contribution is -0.384. The molecule has 1 aromatic carbocycles. The molecule has 0 saturated carbocycles. The van der Waals surface area contributed by atoms with Crippen LogP contribution in [0.1, 0.15) is 11.3 Å². The van der Waals surface area contributed by atoms with Crippen molar-refractivity contribution in [2.24, 2.45) is 5.10 Å². The summed E-state index contributed by atoms with van der Waals surface area (Å²) in [6.07, 6.45) is 1.26. The third-order valence-electron chi connectivity index (χ3n) is 2.64. The first-order valence-corrected chi connectivity index (χ1v) is 5.84. The Morgan fingerprint density at radius 3 is 2.48 bits per heavy atom. The van der Waals surface area contributed by atoms with E-state index in [1.54, 1.807) is 6.92 Å². The van der Waals surface area contributed by atoms with E-state index in [0.717, 1.165) is 0 Å². The van der Waals surface area contributed by atoms with Gasteiger partial charge in [0, 0.05) is 17.8 Å². The van der Waals surface area contributed by atoms with Crippen LogP contribution in [0.4, 0.5) is 11.4 Å². The first-order chi connectivity index (χ1) is 9.97. The van der Waals surface area contributed by atoms with Crippen LogP contribution in [0.15, 0.2) is 39.0 Å². The number of aromatic nitrogens is 2. The molecule has 0 aliphatic carbocycles. The number of nitro benzene ring substituents is 1. The normalized spacial score (nSPS) is 10.7. The van der Waals surface area contributed by atoms with Gasteiger partial charge in [-0.25, -0.2) is 4.79 Å². The lowest BCUT2D eigenvalue weighted by Crippen LogP contribution is -2.26. The lowest BCUT2D eigenvalue weighted by atomic mass is 10.2. The number of hydrazone groups is 1. The van der Waals surface area contributed by atoms with Crippen LogP contribution in [0, 0.1) is 17.0 Å². The average Bonchev–Trinajstić information content (AvgIpc) is 2.42. The van der Waals surface area contributed by atoms with E-state index >= 15 is 0 Å². The Morgan fingerprint density at radius 1 is 1.24 bits per heavy atom. The number of rotatable bonds is 4. The second-order valence-electron chi connectivity index (χ2n) is 4.12. The minimum atomic E-state index is -0.585. The maximum Gasteiger partial charge on any atom is 0.325 e. The predicted octanol–water partition coefficient (Wildman–Crippen LogP) is 0.726. The summed E-state index contributed by atoms with van der Waals surface area (Å²) in [5, 5.41) is 14.4. The van der Waals surface area contributed by atoms with Crippen LogP contribution >= 0.6 is 0 Å². The fourth-order valence-corrected chi connectivity index (χ4v) is 1.59. The molecule has 0 atom stereocenters. The molecule has 0 radical (unpaired) electrons. The minimum Gasteiger partial charge on any atom is -0.311 e. The number of aromatic amines is 2. The Morgan fingerprint density at radius 2 is 1.90 bits per heavy atom. The minimum absolute atomic E-state index is 0.0301. The highest BCUT2D eigenvalue weighted by Crippen LogP contribution is 2.15. The Bertz CT molecular complexity index is 804. The number of aryl methyl sites for hydroxylation is 1. The molecule has 108 valence electrons. The molecule has 1 heterocycles. The summed E-state index contributed by atoms with van der Waals surface area (Å²) in [4.78, 5) is 37.1. The molecule has 3 N–H and O–H groups in total. The third-order valence-corrected chi connectivity index (χ3v) is 2.64. The maximum absolute atomic E-state index is 11.6. The van der Waals surface area contributed by atoms with Gasteiger partial charge in [-0.2, -0.15) is 5.10 Å². The number of non-ortho nitro benzene ring substituents is 1. The standard InChI is InChI=1S/C12H11N5O4/c1-7-10(11(18)15-12(19)14-7)6-13-16-8-2-4-9(5-3-8)17(20)21/h2-6,16H,1H3,(H2,14,15,18,19). The van der Waals surface area contributed by atoms with Gasteiger partial charge in [0.05, 0.1) is 22.4 Å². The molecule has 0 aliphatic rings. The smallest absolute Gasteiger partial charge is 0.311 e. The van der Waals surface area contributed by atoms with E-state index in [2.05, 4.69) is 20.5 Å². The maximum atomic E-state index is 11.6. The number of nitro groups is 1. The van der Waals surface area contributed by atoms with Crippen LogP contribution in [-0.4, -0.2) is 21.1 Å². The molecule has 0 spiro atoms. The van der Waals surface area contributed by atoms with Gasteiger partial charge in [0.2, 0.25) is 0 Å². The fraction of sp³-hybridized carbons (Fsp3) is 0.0833. The van der Waals surface area contributed by atoms with Crippen molar-refractivity contribution in [3.8, 4) is 0 Å². The number of anilines is 1. The highest BCUT2D eigenvalue weighted by Gasteiger charge is 2.04. The van der Waals surface area contributed by atoms with Crippen LogP contribution in [0.5, 0.6) is 0 Å². The number of benzene rings is 1. The summed E-state index contributed by atoms with van der Waals surface area (Å²) in [6.45, 7) is 1.57. The van der Waals surface area contributed by atoms with Crippen molar-refractivity contribution >= 4 is 17.6 Å². The number of nitrogens with one attached hydrogen (secondary N) is 3. The van der Waals surface area contributed by atoms with E-state index in [0.29, 0.717) is 11.4 Å². The van der Waals surface area contributed by atoms with Crippen molar-refractivity contribution in [2.45, 2.75) is 6.92 Å². The number of hydrogen-bond donors (Lipinski definition) is 3. The molecule has 0 bridgehead atoms. The first kappa shape index (κ1) is 14.2. The molecule has 9 heteroatoms. The van der Waals surface area contributed by atoms with Gasteiger partial charge in [-0.05, 0) is 19.1 Å². The zero-order chi connectivity index (χ0) is 15.4. The van der Waals surface area contributed by atoms with Crippen molar-refractivity contribution in [1.29, 1.82) is 0 Å². The third kappa shape index (κ3) is 3.41. The van der Waals surface area contributed by atoms with Gasteiger partial charge in [0.15, 0.2) is 0 Å². The Balaban J connectivity index is 2.14. The molecule has 0 amide bonds. The lowest BCUT2D eigenvalue weighted by Gasteiger charge is -2.00. The van der Waals surface area contributed by atoms with Gasteiger partial charge < -0.3 is 4.98 Å². The zero-order valence-corrected chi connectivity index (χ0v) is 10.9. The van der Waals surface area contributed by atoms with E-state index in [4.69, 9.17) is 0 Å². The van der Waals surface area contributed by atoms with Crippen molar-refractivity contribution < 1.29 is 4.92 Å². The summed E-state index contributed by atoms with van der Waals surface area (Å²) < 4.78 is 0. The molecule has 0 aliphatic heterocycles. The summed E-state index contributed by atoms with van der Waals surface area (Å²) in [7, 11) is 0. The molecule has 0 saturated heterocycles. The van der Waals surface area contributed by atoms with Crippen LogP contribution in [0.2, 0.25) is 0 Å². The van der Waals surface area contributed by atoms with E-state index < -0.39 is 16.2 Å². The molecule has 1 aromatic heterocycles. The van der Waals surface area contributed by atoms with Crippen molar-refractivity contribution in [3.05, 3.63) is 66.5 Å². The molecular weight excluding hydrogens is 278 g/mol. The van der Waals surface area contributed by atoms with Crippen LogP contribution in [-0.2, 0) is 0 Å². The van der Waals surface area contributed by atoms with Crippen molar-refractivity contribution in [1.82, 2.24) is 9.97 Å². The molecule has 2 rings (SSSR count). The number of H-pyrrole nitrogens is 2. The second kappa shape index (κ2) is 5.82. The summed E-state index contributed by atoms with van der Waals surface area (Å²) in [5.41, 5.74) is 2.59. The Hall–Kier alpha value is -3.23. The van der Waals surface area contributed by atoms with Crippen LogP contribution < -0.4 is 16.7 Å². The number of hydrogen-bond acceptors (Lipinski definition) is 6. The Labute approximate surface area is 117 Å². The van der Waals surface area contributed by atoms with Gasteiger partial charge in [-0.3, -0.25) is 25.3 Å². The quantitative estimate of drug-likeness (QED) is 0.433. The predicted molar refractivity (Wildman–Crippen MR) is 76.7 cm³/mol. The zero-order valence-electron chi connectivity index (χ0n) is 10.9. The van der Waals surface area contributed by atoms with Gasteiger partial charge in [0.25, 0.3) is 11.2 Å². The van der Waals surface area contributed by atoms with E-state index in [1.165, 1.54) is 30.5 Å². The van der Waals surface area contributed by atoms with E-state index in [-0.39, 0.29) is 11.3 Å². The molecule has 9 nitrogen and oxygen atoms in total. The van der Waals surface area contributed by atoms with Crippen LogP contribution in [0.25, 0.3) is 0 Å².